The highest BCUT2D eigenvalue weighted by Gasteiger charge is 2.21. The Bertz CT molecular complexity index is 841. The van der Waals surface area contributed by atoms with Gasteiger partial charge in [0.05, 0.1) is 18.7 Å². The van der Waals surface area contributed by atoms with Crippen molar-refractivity contribution in [1.29, 1.82) is 0 Å². The van der Waals surface area contributed by atoms with Crippen molar-refractivity contribution in [3.05, 3.63) is 64.7 Å². The van der Waals surface area contributed by atoms with Gasteiger partial charge in [-0.1, -0.05) is 44.2 Å². The molecule has 0 saturated heterocycles. The van der Waals surface area contributed by atoms with Crippen molar-refractivity contribution in [2.45, 2.75) is 26.9 Å². The predicted molar refractivity (Wildman–Crippen MR) is 107 cm³/mol. The maximum absolute atomic E-state index is 11.1. The highest BCUT2D eigenvalue weighted by atomic mass is 16.5. The fourth-order valence-electron chi connectivity index (χ4n) is 3.36. The normalized spacial score (nSPS) is 14.4. The van der Waals surface area contributed by atoms with Gasteiger partial charge in [0.1, 0.15) is 12.4 Å². The van der Waals surface area contributed by atoms with Crippen LogP contribution >= 0.6 is 0 Å². The Morgan fingerprint density at radius 2 is 1.93 bits per heavy atom. The number of rotatable bonds is 7. The van der Waals surface area contributed by atoms with Gasteiger partial charge in [0, 0.05) is 17.7 Å². The maximum atomic E-state index is 11.1. The standard InChI is InChI=1S/C22H26N2O3/c1-3-24(4-2)12-11-23-22-18-8-6-5-7-17(18)15-27-20-10-9-16(13-19(20)22)14-21(25)26/h5-10,13H,3-4,11-12,14-15H2,1-2H3,(H,25,26)/b23-22-. The zero-order valence-corrected chi connectivity index (χ0v) is 15.9. The Kier molecular flexibility index (Phi) is 6.24. The van der Waals surface area contributed by atoms with Gasteiger partial charge in [-0.15, -0.1) is 0 Å². The first-order valence-corrected chi connectivity index (χ1v) is 9.45. The van der Waals surface area contributed by atoms with Crippen LogP contribution in [0.2, 0.25) is 0 Å². The molecule has 1 aliphatic rings. The van der Waals surface area contributed by atoms with Crippen molar-refractivity contribution < 1.29 is 14.6 Å². The third-order valence-corrected chi connectivity index (χ3v) is 4.89. The zero-order chi connectivity index (χ0) is 19.2. The second-order valence-corrected chi connectivity index (χ2v) is 6.60. The van der Waals surface area contributed by atoms with Gasteiger partial charge in [-0.3, -0.25) is 9.79 Å². The van der Waals surface area contributed by atoms with E-state index in [9.17, 15) is 4.79 Å². The summed E-state index contributed by atoms with van der Waals surface area (Å²) in [4.78, 5) is 18.4. The number of benzene rings is 2. The van der Waals surface area contributed by atoms with E-state index in [-0.39, 0.29) is 6.42 Å². The third-order valence-electron chi connectivity index (χ3n) is 4.89. The van der Waals surface area contributed by atoms with Crippen LogP contribution in [0.4, 0.5) is 0 Å². The van der Waals surface area contributed by atoms with Gasteiger partial charge >= 0.3 is 5.97 Å². The predicted octanol–water partition coefficient (Wildman–Crippen LogP) is 3.39. The number of aliphatic imine (C=N–C) groups is 1. The first-order chi connectivity index (χ1) is 13.1. The molecule has 0 radical (unpaired) electrons. The van der Waals surface area contributed by atoms with E-state index in [0.717, 1.165) is 53.3 Å². The van der Waals surface area contributed by atoms with Crippen molar-refractivity contribution in [3.8, 4) is 5.75 Å². The lowest BCUT2D eigenvalue weighted by atomic mass is 9.96. The molecule has 0 bridgehead atoms. The molecule has 2 aromatic carbocycles. The molecular weight excluding hydrogens is 340 g/mol. The minimum absolute atomic E-state index is 0.0122. The molecule has 0 saturated carbocycles. The largest absolute Gasteiger partial charge is 0.488 e. The van der Waals surface area contributed by atoms with Crippen molar-refractivity contribution in [2.75, 3.05) is 26.2 Å². The number of fused-ring (bicyclic) bond motifs is 2. The third kappa shape index (κ3) is 4.55. The minimum Gasteiger partial charge on any atom is -0.488 e. The van der Waals surface area contributed by atoms with E-state index in [2.05, 4.69) is 30.9 Å². The van der Waals surface area contributed by atoms with Gasteiger partial charge in [-0.25, -0.2) is 0 Å². The molecule has 0 spiro atoms. The molecule has 5 nitrogen and oxygen atoms in total. The van der Waals surface area contributed by atoms with Gasteiger partial charge < -0.3 is 14.7 Å². The summed E-state index contributed by atoms with van der Waals surface area (Å²) in [6.07, 6.45) is -0.0122. The lowest BCUT2D eigenvalue weighted by molar-refractivity contribution is -0.136. The Morgan fingerprint density at radius 3 is 2.67 bits per heavy atom. The summed E-state index contributed by atoms with van der Waals surface area (Å²) in [7, 11) is 0. The Hall–Kier alpha value is -2.66. The number of hydrogen-bond acceptors (Lipinski definition) is 4. The zero-order valence-electron chi connectivity index (χ0n) is 15.9. The number of aliphatic carboxylic acids is 1. The highest BCUT2D eigenvalue weighted by molar-refractivity contribution is 6.15. The number of hydrogen-bond donors (Lipinski definition) is 1. The molecule has 2 aromatic rings. The van der Waals surface area contributed by atoms with Crippen LogP contribution in [0.15, 0.2) is 47.5 Å². The maximum Gasteiger partial charge on any atom is 0.307 e. The van der Waals surface area contributed by atoms with E-state index in [1.807, 2.05) is 30.3 Å². The van der Waals surface area contributed by atoms with Crippen LogP contribution in [-0.2, 0) is 17.8 Å². The molecule has 27 heavy (non-hydrogen) atoms. The summed E-state index contributed by atoms with van der Waals surface area (Å²) >= 11 is 0. The van der Waals surface area contributed by atoms with Crippen LogP contribution in [0.5, 0.6) is 5.75 Å². The molecule has 5 heteroatoms. The average molecular weight is 366 g/mol. The van der Waals surface area contributed by atoms with E-state index < -0.39 is 5.97 Å². The topological polar surface area (TPSA) is 62.1 Å². The van der Waals surface area contributed by atoms with Crippen molar-refractivity contribution in [1.82, 2.24) is 4.90 Å². The molecule has 1 N–H and O–H groups in total. The number of carboxylic acid groups (broad SMARTS) is 1. The van der Waals surface area contributed by atoms with Gasteiger partial charge in [0.2, 0.25) is 0 Å². The number of ether oxygens (including phenoxy) is 1. The van der Waals surface area contributed by atoms with Crippen LogP contribution in [-0.4, -0.2) is 47.9 Å². The van der Waals surface area contributed by atoms with Gasteiger partial charge in [-0.2, -0.15) is 0 Å². The van der Waals surface area contributed by atoms with E-state index in [1.165, 1.54) is 0 Å². The van der Waals surface area contributed by atoms with E-state index in [0.29, 0.717) is 13.2 Å². The summed E-state index contributed by atoms with van der Waals surface area (Å²) in [5.74, 6) is -0.0909. The molecular formula is C22H26N2O3. The second-order valence-electron chi connectivity index (χ2n) is 6.60. The molecule has 0 aromatic heterocycles. The fourth-order valence-corrected chi connectivity index (χ4v) is 3.36. The summed E-state index contributed by atoms with van der Waals surface area (Å²) in [5.41, 5.74) is 4.66. The Balaban J connectivity index is 2.02. The summed E-state index contributed by atoms with van der Waals surface area (Å²) in [6.45, 7) is 8.37. The van der Waals surface area contributed by atoms with Crippen LogP contribution < -0.4 is 4.74 Å². The molecule has 142 valence electrons. The van der Waals surface area contributed by atoms with Crippen LogP contribution in [0, 0.1) is 0 Å². The van der Waals surface area contributed by atoms with Gasteiger partial charge in [0.25, 0.3) is 0 Å². The number of likely N-dealkylation sites (N-methyl/N-ethyl adjacent to an activating group) is 1. The van der Waals surface area contributed by atoms with Crippen molar-refractivity contribution in [3.63, 3.8) is 0 Å². The molecule has 3 rings (SSSR count). The summed E-state index contributed by atoms with van der Waals surface area (Å²) in [5, 5.41) is 9.14. The quantitative estimate of drug-likeness (QED) is 0.816. The second kappa shape index (κ2) is 8.82. The van der Waals surface area contributed by atoms with Crippen LogP contribution in [0.1, 0.15) is 36.1 Å². The summed E-state index contributed by atoms with van der Waals surface area (Å²) < 4.78 is 6.00. The van der Waals surface area contributed by atoms with E-state index >= 15 is 0 Å². The summed E-state index contributed by atoms with van der Waals surface area (Å²) in [6, 6.07) is 13.7. The first-order valence-electron chi connectivity index (χ1n) is 9.45. The van der Waals surface area contributed by atoms with E-state index in [1.54, 1.807) is 0 Å². The van der Waals surface area contributed by atoms with Crippen molar-refractivity contribution >= 4 is 11.7 Å². The lowest BCUT2D eigenvalue weighted by Gasteiger charge is -2.17. The van der Waals surface area contributed by atoms with Gasteiger partial charge in [0.15, 0.2) is 0 Å². The molecule has 1 aliphatic heterocycles. The molecule has 0 aliphatic carbocycles. The monoisotopic (exact) mass is 366 g/mol. The van der Waals surface area contributed by atoms with E-state index in [4.69, 9.17) is 14.8 Å². The molecule has 0 fully saturated rings. The first kappa shape index (κ1) is 19.1. The molecule has 0 amide bonds. The molecule has 0 atom stereocenters. The number of carboxylic acids is 1. The number of carbonyl (C=O) groups is 1. The fraction of sp³-hybridized carbons (Fsp3) is 0.364. The SMILES string of the molecule is CCN(CC)CC/N=C1/c2ccccc2COc2ccc(CC(=O)O)cc21. The highest BCUT2D eigenvalue weighted by Crippen LogP contribution is 2.30. The lowest BCUT2D eigenvalue weighted by Crippen LogP contribution is -2.26. The smallest absolute Gasteiger partial charge is 0.307 e. The van der Waals surface area contributed by atoms with Crippen LogP contribution in [0.3, 0.4) is 0 Å². The molecule has 1 heterocycles. The van der Waals surface area contributed by atoms with Gasteiger partial charge in [-0.05, 0) is 36.3 Å². The Labute approximate surface area is 160 Å². The molecule has 0 unspecified atom stereocenters. The van der Waals surface area contributed by atoms with Crippen LogP contribution in [0.25, 0.3) is 0 Å². The average Bonchev–Trinajstić information content (AvgIpc) is 2.82. The van der Waals surface area contributed by atoms with Crippen molar-refractivity contribution in [2.24, 2.45) is 4.99 Å². The Morgan fingerprint density at radius 1 is 1.15 bits per heavy atom. The number of nitrogens with zero attached hydrogens (tertiary/aromatic N) is 2. The minimum atomic E-state index is -0.843.